The fourth-order valence-corrected chi connectivity index (χ4v) is 4.37. The van der Waals surface area contributed by atoms with Gasteiger partial charge in [-0.2, -0.15) is 9.41 Å². The average Bonchev–Trinajstić information content (AvgIpc) is 2.75. The molecule has 32 heavy (non-hydrogen) atoms. The van der Waals surface area contributed by atoms with Crippen molar-refractivity contribution in [2.75, 3.05) is 6.54 Å². The van der Waals surface area contributed by atoms with E-state index in [1.54, 1.807) is 12.1 Å². The van der Waals surface area contributed by atoms with Crippen LogP contribution in [0, 0.1) is 6.92 Å². The molecule has 0 radical (unpaired) electrons. The summed E-state index contributed by atoms with van der Waals surface area (Å²) in [5.41, 5.74) is 4.69. The largest absolute Gasteiger partial charge is 0.508 e. The molecule has 0 aliphatic rings. The summed E-state index contributed by atoms with van der Waals surface area (Å²) in [6.07, 6.45) is 1.36. The first kappa shape index (κ1) is 23.5. The van der Waals surface area contributed by atoms with Crippen LogP contribution in [0.15, 0.2) is 82.8 Å². The van der Waals surface area contributed by atoms with E-state index in [-0.39, 0.29) is 17.2 Å². The van der Waals surface area contributed by atoms with E-state index in [2.05, 4.69) is 10.5 Å². The van der Waals surface area contributed by atoms with Crippen molar-refractivity contribution in [2.45, 2.75) is 18.4 Å². The first-order valence-corrected chi connectivity index (χ1v) is 11.5. The third-order valence-electron chi connectivity index (χ3n) is 4.52. The van der Waals surface area contributed by atoms with E-state index in [0.29, 0.717) is 10.6 Å². The van der Waals surface area contributed by atoms with Crippen LogP contribution in [0.3, 0.4) is 0 Å². The number of carbonyl (C=O) groups is 1. The number of aromatic hydroxyl groups is 1. The van der Waals surface area contributed by atoms with Crippen molar-refractivity contribution in [3.63, 3.8) is 0 Å². The van der Waals surface area contributed by atoms with E-state index >= 15 is 0 Å². The van der Waals surface area contributed by atoms with Crippen LogP contribution in [0.4, 0.5) is 0 Å². The van der Waals surface area contributed by atoms with Gasteiger partial charge < -0.3 is 5.11 Å². The highest BCUT2D eigenvalue weighted by molar-refractivity contribution is 7.89. The van der Waals surface area contributed by atoms with Crippen LogP contribution in [0.2, 0.25) is 5.02 Å². The summed E-state index contributed by atoms with van der Waals surface area (Å²) in [6.45, 7) is 1.51. The van der Waals surface area contributed by atoms with Gasteiger partial charge in [-0.1, -0.05) is 53.6 Å². The van der Waals surface area contributed by atoms with E-state index in [0.717, 1.165) is 15.4 Å². The van der Waals surface area contributed by atoms with Crippen molar-refractivity contribution in [2.24, 2.45) is 5.10 Å². The highest BCUT2D eigenvalue weighted by Crippen LogP contribution is 2.20. The zero-order valence-electron chi connectivity index (χ0n) is 17.3. The van der Waals surface area contributed by atoms with Gasteiger partial charge in [0.2, 0.25) is 10.0 Å². The minimum atomic E-state index is -3.98. The lowest BCUT2D eigenvalue weighted by Gasteiger charge is -2.21. The summed E-state index contributed by atoms with van der Waals surface area (Å²) < 4.78 is 27.5. The van der Waals surface area contributed by atoms with E-state index in [1.807, 2.05) is 31.2 Å². The number of nitrogens with one attached hydrogen (secondary N) is 1. The number of phenolic OH excluding ortho intramolecular Hbond substituents is 1. The number of phenols is 1. The van der Waals surface area contributed by atoms with Gasteiger partial charge in [-0.05, 0) is 54.4 Å². The monoisotopic (exact) mass is 471 g/mol. The molecule has 0 bridgehead atoms. The Morgan fingerprint density at radius 1 is 1.09 bits per heavy atom. The molecule has 2 N–H and O–H groups in total. The number of carbonyl (C=O) groups excluding carboxylic acids is 1. The molecular formula is C23H22ClN3O4S. The van der Waals surface area contributed by atoms with Crippen LogP contribution in [0.5, 0.6) is 5.75 Å². The Kier molecular flexibility index (Phi) is 7.63. The molecule has 0 heterocycles. The quantitative estimate of drug-likeness (QED) is 0.386. The predicted molar refractivity (Wildman–Crippen MR) is 124 cm³/mol. The van der Waals surface area contributed by atoms with Crippen molar-refractivity contribution < 1.29 is 18.3 Å². The molecule has 0 aliphatic carbocycles. The number of sulfonamides is 1. The Balaban J connectivity index is 1.79. The van der Waals surface area contributed by atoms with Gasteiger partial charge in [0.15, 0.2) is 0 Å². The zero-order valence-corrected chi connectivity index (χ0v) is 18.8. The summed E-state index contributed by atoms with van der Waals surface area (Å²) in [7, 11) is -3.98. The number of nitrogens with zero attached hydrogens (tertiary/aromatic N) is 2. The van der Waals surface area contributed by atoms with Crippen LogP contribution in [0.25, 0.3) is 0 Å². The number of hydrazone groups is 1. The van der Waals surface area contributed by atoms with Gasteiger partial charge in [-0.15, -0.1) is 0 Å². The minimum absolute atomic E-state index is 0.00886. The summed E-state index contributed by atoms with van der Waals surface area (Å²) >= 11 is 5.88. The topological polar surface area (TPSA) is 99.1 Å². The third kappa shape index (κ3) is 6.40. The molecule has 3 aromatic carbocycles. The fourth-order valence-electron chi connectivity index (χ4n) is 2.86. The Labute approximate surface area is 192 Å². The molecule has 0 unspecified atom stereocenters. The van der Waals surface area contributed by atoms with Crippen LogP contribution in [-0.2, 0) is 21.4 Å². The van der Waals surface area contributed by atoms with E-state index < -0.39 is 22.5 Å². The summed E-state index contributed by atoms with van der Waals surface area (Å²) in [5, 5.41) is 13.7. The second-order valence-electron chi connectivity index (χ2n) is 7.10. The van der Waals surface area contributed by atoms with Gasteiger partial charge in [-0.3, -0.25) is 4.79 Å². The number of hydrogen-bond donors (Lipinski definition) is 2. The van der Waals surface area contributed by atoms with Gasteiger partial charge in [0.05, 0.1) is 17.7 Å². The molecule has 7 nitrogen and oxygen atoms in total. The first-order chi connectivity index (χ1) is 15.2. The molecule has 166 valence electrons. The average molecular weight is 472 g/mol. The third-order valence-corrected chi connectivity index (χ3v) is 6.58. The smallest absolute Gasteiger partial charge is 0.255 e. The summed E-state index contributed by atoms with van der Waals surface area (Å²) in [4.78, 5) is 12.5. The Morgan fingerprint density at radius 3 is 2.44 bits per heavy atom. The second kappa shape index (κ2) is 10.4. The van der Waals surface area contributed by atoms with Crippen molar-refractivity contribution in [1.29, 1.82) is 0 Å². The van der Waals surface area contributed by atoms with E-state index in [1.165, 1.54) is 42.6 Å². The Bertz CT molecular complexity index is 1210. The SMILES string of the molecule is Cc1ccc(CN(CC(=O)N/N=C\c2cccc(O)c2)S(=O)(=O)c2ccc(Cl)cc2)cc1. The highest BCUT2D eigenvalue weighted by Gasteiger charge is 2.27. The lowest BCUT2D eigenvalue weighted by molar-refractivity contribution is -0.121. The molecule has 0 saturated heterocycles. The Hall–Kier alpha value is -3.20. The van der Waals surface area contributed by atoms with Crippen molar-refractivity contribution in [1.82, 2.24) is 9.73 Å². The molecule has 0 atom stereocenters. The maximum atomic E-state index is 13.2. The molecule has 0 saturated carbocycles. The number of amides is 1. The van der Waals surface area contributed by atoms with Crippen molar-refractivity contribution in [3.05, 3.63) is 94.5 Å². The van der Waals surface area contributed by atoms with Crippen LogP contribution in [-0.4, -0.2) is 36.5 Å². The van der Waals surface area contributed by atoms with Gasteiger partial charge in [0.1, 0.15) is 5.75 Å². The second-order valence-corrected chi connectivity index (χ2v) is 9.48. The van der Waals surface area contributed by atoms with Crippen molar-refractivity contribution in [3.8, 4) is 5.75 Å². The summed E-state index contributed by atoms with van der Waals surface area (Å²) in [6, 6.07) is 19.5. The summed E-state index contributed by atoms with van der Waals surface area (Å²) in [5.74, 6) is -0.537. The standard InChI is InChI=1S/C23H22ClN3O4S/c1-17-5-7-18(8-6-17)15-27(32(30,31)22-11-9-20(24)10-12-22)16-23(29)26-25-14-19-3-2-4-21(28)13-19/h2-14,28H,15-16H2,1H3,(H,26,29)/b25-14-. The molecule has 9 heteroatoms. The lowest BCUT2D eigenvalue weighted by atomic mass is 10.1. The molecule has 0 aliphatic heterocycles. The van der Waals surface area contributed by atoms with Gasteiger partial charge >= 0.3 is 0 Å². The minimum Gasteiger partial charge on any atom is -0.508 e. The molecule has 1 amide bonds. The molecular weight excluding hydrogens is 450 g/mol. The molecule has 0 spiro atoms. The molecule has 0 aromatic heterocycles. The predicted octanol–water partition coefficient (Wildman–Crippen LogP) is 3.70. The molecule has 3 aromatic rings. The lowest BCUT2D eigenvalue weighted by Crippen LogP contribution is -2.39. The van der Waals surface area contributed by atoms with Crippen LogP contribution >= 0.6 is 11.6 Å². The van der Waals surface area contributed by atoms with Crippen molar-refractivity contribution >= 4 is 33.7 Å². The van der Waals surface area contributed by atoms with E-state index in [9.17, 15) is 18.3 Å². The fraction of sp³-hybridized carbons (Fsp3) is 0.130. The highest BCUT2D eigenvalue weighted by atomic mass is 35.5. The number of halogens is 1. The van der Waals surface area contributed by atoms with Gasteiger partial charge in [-0.25, -0.2) is 13.8 Å². The maximum Gasteiger partial charge on any atom is 0.255 e. The maximum absolute atomic E-state index is 13.2. The molecule has 3 rings (SSSR count). The van der Waals surface area contributed by atoms with E-state index in [4.69, 9.17) is 11.6 Å². The van der Waals surface area contributed by atoms with Crippen LogP contribution in [0.1, 0.15) is 16.7 Å². The van der Waals surface area contributed by atoms with Gasteiger partial charge in [0.25, 0.3) is 5.91 Å². The van der Waals surface area contributed by atoms with Crippen LogP contribution < -0.4 is 5.43 Å². The zero-order chi connectivity index (χ0) is 23.1. The number of benzene rings is 3. The Morgan fingerprint density at radius 2 is 1.78 bits per heavy atom. The number of hydrogen-bond acceptors (Lipinski definition) is 5. The molecule has 0 fully saturated rings. The first-order valence-electron chi connectivity index (χ1n) is 9.66. The number of rotatable bonds is 8. The normalized spacial score (nSPS) is 11.7. The van der Waals surface area contributed by atoms with Gasteiger partial charge in [0, 0.05) is 11.6 Å². The number of aryl methyl sites for hydroxylation is 1.